The standard InChI is InChI=1S/C29H27N5O3S/c1-37-28(36)21-12-5-6-14-23(21)33-18-9-15-24(33)27-26(22-13-7-8-17-30-22)32-29(38)34(27)19-16-25(35)31-20-10-3-2-4-11-20/h2-15,17-18,26-27H,16,19H2,1H3,(H,31,35)(H,32,38)/t26-,27-/m0/s1. The Balaban J connectivity index is 1.49. The maximum absolute atomic E-state index is 12.8. The van der Waals surface area contributed by atoms with Gasteiger partial charge in [0.2, 0.25) is 5.91 Å². The van der Waals surface area contributed by atoms with Crippen molar-refractivity contribution in [1.82, 2.24) is 19.8 Å². The molecular formula is C29H27N5O3S. The lowest BCUT2D eigenvalue weighted by molar-refractivity contribution is -0.116. The summed E-state index contributed by atoms with van der Waals surface area (Å²) in [6.45, 7) is 0.391. The number of anilines is 1. The Morgan fingerprint density at radius 3 is 2.53 bits per heavy atom. The minimum Gasteiger partial charge on any atom is -0.465 e. The number of hydrogen-bond donors (Lipinski definition) is 2. The van der Waals surface area contributed by atoms with E-state index in [1.54, 1.807) is 18.3 Å². The van der Waals surface area contributed by atoms with Crippen LogP contribution in [-0.2, 0) is 9.53 Å². The number of carbonyl (C=O) groups excluding carboxylic acids is 2. The fourth-order valence-electron chi connectivity index (χ4n) is 4.76. The van der Waals surface area contributed by atoms with E-state index in [1.807, 2.05) is 88.5 Å². The highest BCUT2D eigenvalue weighted by Crippen LogP contribution is 2.40. The minimum absolute atomic E-state index is 0.106. The first-order valence-electron chi connectivity index (χ1n) is 12.2. The summed E-state index contributed by atoms with van der Waals surface area (Å²) in [5.41, 5.74) is 3.61. The Kier molecular flexibility index (Phi) is 7.46. The smallest absolute Gasteiger partial charge is 0.339 e. The van der Waals surface area contributed by atoms with Crippen molar-refractivity contribution in [3.63, 3.8) is 0 Å². The van der Waals surface area contributed by atoms with Gasteiger partial charge in [0.05, 0.1) is 36.1 Å². The van der Waals surface area contributed by atoms with E-state index in [0.717, 1.165) is 17.1 Å². The lowest BCUT2D eigenvalue weighted by atomic mass is 10.0. The van der Waals surface area contributed by atoms with Gasteiger partial charge in [0.15, 0.2) is 5.11 Å². The van der Waals surface area contributed by atoms with E-state index in [2.05, 4.69) is 15.6 Å². The Hall–Kier alpha value is -4.50. The van der Waals surface area contributed by atoms with Gasteiger partial charge in [-0.2, -0.15) is 0 Å². The van der Waals surface area contributed by atoms with Crippen molar-refractivity contribution in [2.75, 3.05) is 19.0 Å². The summed E-state index contributed by atoms with van der Waals surface area (Å²) in [5.74, 6) is -0.526. The molecule has 0 aliphatic carbocycles. The highest BCUT2D eigenvalue weighted by Gasteiger charge is 2.41. The number of thiocarbonyl (C=S) groups is 1. The molecular weight excluding hydrogens is 498 g/mol. The number of amides is 1. The van der Waals surface area contributed by atoms with Crippen molar-refractivity contribution in [2.24, 2.45) is 0 Å². The van der Waals surface area contributed by atoms with Crippen LogP contribution >= 0.6 is 12.2 Å². The van der Waals surface area contributed by atoms with Gasteiger partial charge >= 0.3 is 5.97 Å². The number of benzene rings is 2. The van der Waals surface area contributed by atoms with Crippen molar-refractivity contribution in [2.45, 2.75) is 18.5 Å². The van der Waals surface area contributed by atoms with Crippen molar-refractivity contribution < 1.29 is 14.3 Å². The number of esters is 1. The van der Waals surface area contributed by atoms with Crippen LogP contribution in [0, 0.1) is 0 Å². The molecule has 2 aromatic carbocycles. The third-order valence-corrected chi connectivity index (χ3v) is 6.84. The quantitative estimate of drug-likeness (QED) is 0.256. The fourth-order valence-corrected chi connectivity index (χ4v) is 5.09. The second kappa shape index (κ2) is 11.3. The Labute approximate surface area is 226 Å². The topological polar surface area (TPSA) is 88.5 Å². The van der Waals surface area contributed by atoms with Crippen LogP contribution in [0.2, 0.25) is 0 Å². The molecule has 0 radical (unpaired) electrons. The number of nitrogens with zero attached hydrogens (tertiary/aromatic N) is 3. The second-order valence-electron chi connectivity index (χ2n) is 8.80. The Morgan fingerprint density at radius 1 is 1.00 bits per heavy atom. The first-order valence-corrected chi connectivity index (χ1v) is 12.7. The summed E-state index contributed by atoms with van der Waals surface area (Å²) in [6, 6.07) is 25.8. The number of nitrogens with one attached hydrogen (secondary N) is 2. The average molecular weight is 526 g/mol. The van der Waals surface area contributed by atoms with Gasteiger partial charge in [-0.15, -0.1) is 0 Å². The molecule has 5 rings (SSSR count). The fraction of sp³-hybridized carbons (Fsp3) is 0.172. The Morgan fingerprint density at radius 2 is 1.76 bits per heavy atom. The number of aromatic nitrogens is 2. The maximum atomic E-state index is 12.8. The first-order chi connectivity index (χ1) is 18.6. The average Bonchev–Trinajstić information content (AvgIpc) is 3.56. The van der Waals surface area contributed by atoms with Crippen molar-refractivity contribution in [3.8, 4) is 5.69 Å². The molecule has 2 atom stereocenters. The van der Waals surface area contributed by atoms with Crippen LogP contribution in [0.3, 0.4) is 0 Å². The summed E-state index contributed by atoms with van der Waals surface area (Å²) in [7, 11) is 1.37. The highest BCUT2D eigenvalue weighted by atomic mass is 32.1. The number of pyridine rings is 1. The molecule has 2 aromatic heterocycles. The predicted molar refractivity (Wildman–Crippen MR) is 149 cm³/mol. The molecule has 1 saturated heterocycles. The molecule has 4 aromatic rings. The molecule has 0 spiro atoms. The normalized spacial score (nSPS) is 16.7. The van der Waals surface area contributed by atoms with E-state index in [-0.39, 0.29) is 24.4 Å². The van der Waals surface area contributed by atoms with Crippen LogP contribution < -0.4 is 10.6 Å². The summed E-state index contributed by atoms with van der Waals surface area (Å²) < 4.78 is 7.00. The summed E-state index contributed by atoms with van der Waals surface area (Å²) in [5, 5.41) is 6.89. The summed E-state index contributed by atoms with van der Waals surface area (Å²) in [6.07, 6.45) is 3.90. The van der Waals surface area contributed by atoms with Gasteiger partial charge in [0.25, 0.3) is 0 Å². The Bertz CT molecular complexity index is 1440. The molecule has 8 nitrogen and oxygen atoms in total. The largest absolute Gasteiger partial charge is 0.465 e. The van der Waals surface area contributed by atoms with Crippen LogP contribution in [0.15, 0.2) is 97.3 Å². The number of rotatable bonds is 8. The zero-order valence-corrected chi connectivity index (χ0v) is 21.6. The molecule has 3 heterocycles. The monoisotopic (exact) mass is 525 g/mol. The van der Waals surface area contributed by atoms with E-state index in [1.165, 1.54) is 7.11 Å². The lowest BCUT2D eigenvalue weighted by Gasteiger charge is -2.29. The third-order valence-electron chi connectivity index (χ3n) is 6.49. The van der Waals surface area contributed by atoms with Gasteiger partial charge in [-0.1, -0.05) is 36.4 Å². The number of para-hydroxylation sites is 2. The van der Waals surface area contributed by atoms with Gasteiger partial charge in [-0.3, -0.25) is 9.78 Å². The molecule has 1 amide bonds. The van der Waals surface area contributed by atoms with E-state index < -0.39 is 5.97 Å². The molecule has 0 bridgehead atoms. The van der Waals surface area contributed by atoms with Crippen LogP contribution in [0.4, 0.5) is 5.69 Å². The van der Waals surface area contributed by atoms with Crippen molar-refractivity contribution >= 4 is 34.9 Å². The van der Waals surface area contributed by atoms with Crippen molar-refractivity contribution in [1.29, 1.82) is 0 Å². The van der Waals surface area contributed by atoms with Crippen molar-refractivity contribution in [3.05, 3.63) is 114 Å². The summed E-state index contributed by atoms with van der Waals surface area (Å²) in [4.78, 5) is 32.0. The van der Waals surface area contributed by atoms with Gasteiger partial charge in [0, 0.05) is 36.7 Å². The molecule has 38 heavy (non-hydrogen) atoms. The summed E-state index contributed by atoms with van der Waals surface area (Å²) >= 11 is 5.77. The molecule has 1 aliphatic heterocycles. The molecule has 192 valence electrons. The number of methoxy groups -OCH3 is 1. The number of hydrogen-bond acceptors (Lipinski definition) is 5. The predicted octanol–water partition coefficient (Wildman–Crippen LogP) is 4.66. The van der Waals surface area contributed by atoms with Crippen LogP contribution in [0.5, 0.6) is 0 Å². The van der Waals surface area contributed by atoms with Gasteiger partial charge < -0.3 is 24.8 Å². The van der Waals surface area contributed by atoms with Gasteiger partial charge in [-0.05, 0) is 60.7 Å². The van der Waals surface area contributed by atoms with Gasteiger partial charge in [0.1, 0.15) is 0 Å². The van der Waals surface area contributed by atoms with Gasteiger partial charge in [-0.25, -0.2) is 4.79 Å². The van der Waals surface area contributed by atoms with E-state index in [9.17, 15) is 9.59 Å². The van der Waals surface area contributed by atoms with E-state index >= 15 is 0 Å². The highest BCUT2D eigenvalue weighted by molar-refractivity contribution is 7.80. The first kappa shape index (κ1) is 25.2. The SMILES string of the molecule is COC(=O)c1ccccc1-n1cccc1[C@H]1[C@H](c2ccccn2)NC(=S)N1CCC(=O)Nc1ccccc1. The van der Waals surface area contributed by atoms with E-state index in [0.29, 0.717) is 22.9 Å². The van der Waals surface area contributed by atoms with Crippen LogP contribution in [0.25, 0.3) is 5.69 Å². The second-order valence-corrected chi connectivity index (χ2v) is 9.18. The van der Waals surface area contributed by atoms with Crippen LogP contribution in [0.1, 0.15) is 40.3 Å². The molecule has 0 unspecified atom stereocenters. The molecule has 1 fully saturated rings. The molecule has 1 aliphatic rings. The number of ether oxygens (including phenoxy) is 1. The minimum atomic E-state index is -0.420. The maximum Gasteiger partial charge on any atom is 0.339 e. The molecule has 9 heteroatoms. The molecule has 2 N–H and O–H groups in total. The third kappa shape index (κ3) is 5.14. The zero-order valence-electron chi connectivity index (χ0n) is 20.8. The molecule has 0 saturated carbocycles. The number of carbonyl (C=O) groups is 2. The van der Waals surface area contributed by atoms with Crippen LogP contribution in [-0.4, -0.2) is 45.1 Å². The lowest BCUT2D eigenvalue weighted by Crippen LogP contribution is -2.33. The van der Waals surface area contributed by atoms with E-state index in [4.69, 9.17) is 17.0 Å². The zero-order chi connectivity index (χ0) is 26.5.